The van der Waals surface area contributed by atoms with Crippen LogP contribution in [0.2, 0.25) is 0 Å². The molecule has 3 heterocycles. The van der Waals surface area contributed by atoms with Crippen molar-refractivity contribution in [2.24, 2.45) is 5.92 Å². The van der Waals surface area contributed by atoms with Gasteiger partial charge in [0.1, 0.15) is 11.4 Å². The van der Waals surface area contributed by atoms with Gasteiger partial charge in [0.15, 0.2) is 0 Å². The summed E-state index contributed by atoms with van der Waals surface area (Å²) in [4.78, 5) is 11.4. The van der Waals surface area contributed by atoms with E-state index in [2.05, 4.69) is 32.1 Å². The molecule has 0 aliphatic carbocycles. The SMILES string of the molecule is Cc1cc(-c2cnc(CC3CCN(C)CC3)cn2)n[nH]1. The van der Waals surface area contributed by atoms with Crippen molar-refractivity contribution in [3.05, 3.63) is 29.8 Å². The number of nitrogens with zero attached hydrogens (tertiary/aromatic N) is 4. The van der Waals surface area contributed by atoms with E-state index in [0.29, 0.717) is 0 Å². The second-order valence-electron chi connectivity index (χ2n) is 5.78. The van der Waals surface area contributed by atoms with Crippen molar-refractivity contribution in [1.82, 2.24) is 25.1 Å². The summed E-state index contributed by atoms with van der Waals surface area (Å²) in [6.07, 6.45) is 7.30. The molecule has 20 heavy (non-hydrogen) atoms. The van der Waals surface area contributed by atoms with Gasteiger partial charge in [-0.2, -0.15) is 5.10 Å². The number of hydrogen-bond acceptors (Lipinski definition) is 4. The maximum absolute atomic E-state index is 4.55. The molecular formula is C15H21N5. The topological polar surface area (TPSA) is 57.7 Å². The van der Waals surface area contributed by atoms with Gasteiger partial charge in [-0.1, -0.05) is 0 Å². The Balaban J connectivity index is 1.64. The highest BCUT2D eigenvalue weighted by molar-refractivity contribution is 5.52. The number of rotatable bonds is 3. The molecule has 1 aliphatic heterocycles. The van der Waals surface area contributed by atoms with Gasteiger partial charge in [-0.3, -0.25) is 15.1 Å². The van der Waals surface area contributed by atoms with Crippen LogP contribution in [-0.4, -0.2) is 45.2 Å². The quantitative estimate of drug-likeness (QED) is 0.928. The minimum atomic E-state index is 0.749. The molecule has 5 heteroatoms. The molecule has 0 saturated carbocycles. The predicted molar refractivity (Wildman–Crippen MR) is 78.3 cm³/mol. The number of aromatic amines is 1. The molecular weight excluding hydrogens is 250 g/mol. The number of nitrogens with one attached hydrogen (secondary N) is 1. The molecule has 1 saturated heterocycles. The third-order valence-corrected chi connectivity index (χ3v) is 4.01. The summed E-state index contributed by atoms with van der Waals surface area (Å²) in [5.74, 6) is 0.749. The maximum Gasteiger partial charge on any atom is 0.112 e. The van der Waals surface area contributed by atoms with Gasteiger partial charge in [0.05, 0.1) is 11.9 Å². The van der Waals surface area contributed by atoms with Crippen LogP contribution in [0, 0.1) is 12.8 Å². The van der Waals surface area contributed by atoms with E-state index < -0.39 is 0 Å². The van der Waals surface area contributed by atoms with Crippen molar-refractivity contribution in [3.63, 3.8) is 0 Å². The lowest BCUT2D eigenvalue weighted by Gasteiger charge is -2.28. The standard InChI is InChI=1S/C15H21N5/c1-11-7-14(19-18-11)15-10-16-13(9-17-15)8-12-3-5-20(2)6-4-12/h7,9-10,12H,3-6,8H2,1-2H3,(H,18,19). The van der Waals surface area contributed by atoms with E-state index in [4.69, 9.17) is 0 Å². The molecule has 0 aromatic carbocycles. The summed E-state index contributed by atoms with van der Waals surface area (Å²) in [5.41, 5.74) is 3.83. The molecule has 106 valence electrons. The van der Waals surface area contributed by atoms with E-state index >= 15 is 0 Å². The molecule has 0 amide bonds. The molecule has 0 unspecified atom stereocenters. The van der Waals surface area contributed by atoms with Gasteiger partial charge in [0, 0.05) is 11.9 Å². The number of aryl methyl sites for hydroxylation is 1. The van der Waals surface area contributed by atoms with Gasteiger partial charge < -0.3 is 4.90 Å². The molecule has 0 atom stereocenters. The van der Waals surface area contributed by atoms with Crippen LogP contribution >= 0.6 is 0 Å². The van der Waals surface area contributed by atoms with E-state index in [9.17, 15) is 0 Å². The highest BCUT2D eigenvalue weighted by Crippen LogP contribution is 2.20. The van der Waals surface area contributed by atoms with Crippen molar-refractivity contribution in [2.45, 2.75) is 26.2 Å². The Morgan fingerprint density at radius 2 is 2.00 bits per heavy atom. The second kappa shape index (κ2) is 5.71. The van der Waals surface area contributed by atoms with Gasteiger partial charge in [-0.05, 0) is 58.3 Å². The average molecular weight is 271 g/mol. The molecule has 1 aliphatic rings. The molecule has 0 spiro atoms. The number of piperidine rings is 1. The Labute approximate surface area is 119 Å². The van der Waals surface area contributed by atoms with Gasteiger partial charge in [-0.15, -0.1) is 0 Å². The third kappa shape index (κ3) is 3.04. The molecule has 5 nitrogen and oxygen atoms in total. The van der Waals surface area contributed by atoms with Crippen LogP contribution in [0.15, 0.2) is 18.5 Å². The minimum absolute atomic E-state index is 0.749. The summed E-state index contributed by atoms with van der Waals surface area (Å²) in [7, 11) is 2.19. The van der Waals surface area contributed by atoms with E-state index in [1.165, 1.54) is 25.9 Å². The fourth-order valence-corrected chi connectivity index (χ4v) is 2.70. The normalized spacial score (nSPS) is 17.5. The highest BCUT2D eigenvalue weighted by Gasteiger charge is 2.17. The lowest BCUT2D eigenvalue weighted by atomic mass is 9.92. The van der Waals surface area contributed by atoms with Crippen molar-refractivity contribution >= 4 is 0 Å². The highest BCUT2D eigenvalue weighted by atomic mass is 15.1. The second-order valence-corrected chi connectivity index (χ2v) is 5.78. The number of aromatic nitrogens is 4. The third-order valence-electron chi connectivity index (χ3n) is 4.01. The lowest BCUT2D eigenvalue weighted by Crippen LogP contribution is -2.31. The van der Waals surface area contributed by atoms with Crippen LogP contribution in [0.4, 0.5) is 0 Å². The fourth-order valence-electron chi connectivity index (χ4n) is 2.70. The first-order chi connectivity index (χ1) is 9.70. The van der Waals surface area contributed by atoms with E-state index in [0.717, 1.165) is 35.1 Å². The zero-order valence-electron chi connectivity index (χ0n) is 12.1. The Bertz CT molecular complexity index is 552. The van der Waals surface area contributed by atoms with Gasteiger partial charge in [0.2, 0.25) is 0 Å². The first-order valence-corrected chi connectivity index (χ1v) is 7.22. The summed E-state index contributed by atoms with van der Waals surface area (Å²) in [6.45, 7) is 4.38. The predicted octanol–water partition coefficient (Wildman–Crippen LogP) is 2.06. The van der Waals surface area contributed by atoms with Gasteiger partial charge in [-0.25, -0.2) is 0 Å². The zero-order valence-corrected chi connectivity index (χ0v) is 12.1. The van der Waals surface area contributed by atoms with Gasteiger partial charge in [0.25, 0.3) is 0 Å². The van der Waals surface area contributed by atoms with Crippen molar-refractivity contribution in [2.75, 3.05) is 20.1 Å². The van der Waals surface area contributed by atoms with Crippen molar-refractivity contribution < 1.29 is 0 Å². The largest absolute Gasteiger partial charge is 0.306 e. The molecule has 0 bridgehead atoms. The monoisotopic (exact) mass is 271 g/mol. The van der Waals surface area contributed by atoms with Crippen LogP contribution < -0.4 is 0 Å². The fraction of sp³-hybridized carbons (Fsp3) is 0.533. The molecule has 1 fully saturated rings. The van der Waals surface area contributed by atoms with E-state index in [1.54, 1.807) is 0 Å². The molecule has 0 radical (unpaired) electrons. The Morgan fingerprint density at radius 1 is 1.20 bits per heavy atom. The van der Waals surface area contributed by atoms with Gasteiger partial charge >= 0.3 is 0 Å². The summed E-state index contributed by atoms with van der Waals surface area (Å²) >= 11 is 0. The van der Waals surface area contributed by atoms with Crippen molar-refractivity contribution in [1.29, 1.82) is 0 Å². The van der Waals surface area contributed by atoms with Crippen LogP contribution in [0.25, 0.3) is 11.4 Å². The molecule has 2 aromatic heterocycles. The first-order valence-electron chi connectivity index (χ1n) is 7.22. The van der Waals surface area contributed by atoms with E-state index in [-0.39, 0.29) is 0 Å². The Morgan fingerprint density at radius 3 is 2.60 bits per heavy atom. The number of hydrogen-bond donors (Lipinski definition) is 1. The maximum atomic E-state index is 4.55. The number of likely N-dealkylation sites (tertiary alicyclic amines) is 1. The molecule has 1 N–H and O–H groups in total. The van der Waals surface area contributed by atoms with Crippen LogP contribution in [-0.2, 0) is 6.42 Å². The average Bonchev–Trinajstić information content (AvgIpc) is 2.89. The summed E-state index contributed by atoms with van der Waals surface area (Å²) in [6, 6.07) is 1.99. The number of H-pyrrole nitrogens is 1. The van der Waals surface area contributed by atoms with Crippen molar-refractivity contribution in [3.8, 4) is 11.4 Å². The van der Waals surface area contributed by atoms with E-state index in [1.807, 2.05) is 25.4 Å². The summed E-state index contributed by atoms with van der Waals surface area (Å²) < 4.78 is 0. The van der Waals surface area contributed by atoms with Crippen LogP contribution in [0.3, 0.4) is 0 Å². The van der Waals surface area contributed by atoms with Crippen LogP contribution in [0.1, 0.15) is 24.2 Å². The summed E-state index contributed by atoms with van der Waals surface area (Å²) in [5, 5.41) is 7.14. The lowest BCUT2D eigenvalue weighted by molar-refractivity contribution is 0.218. The Kier molecular flexibility index (Phi) is 3.78. The minimum Gasteiger partial charge on any atom is -0.306 e. The first kappa shape index (κ1) is 13.2. The zero-order chi connectivity index (χ0) is 13.9. The van der Waals surface area contributed by atoms with Crippen LogP contribution in [0.5, 0.6) is 0 Å². The molecule has 2 aromatic rings. The Hall–Kier alpha value is -1.75. The molecule has 3 rings (SSSR count). The smallest absolute Gasteiger partial charge is 0.112 e.